The average molecular weight is 232 g/mol. The number of fused-ring (bicyclic) bond motifs is 2. The van der Waals surface area contributed by atoms with Crippen molar-refractivity contribution in [1.82, 2.24) is 0 Å². The molecule has 2 aromatic heterocycles. The number of rotatable bonds is 0. The van der Waals surface area contributed by atoms with Crippen molar-refractivity contribution in [3.05, 3.63) is 42.8 Å². The van der Waals surface area contributed by atoms with Gasteiger partial charge in [-0.25, -0.2) is 0 Å². The molecule has 0 N–H and O–H groups in total. The first-order chi connectivity index (χ1) is 7.22. The van der Waals surface area contributed by atoms with E-state index in [2.05, 4.69) is 38.1 Å². The van der Waals surface area contributed by atoms with Gasteiger partial charge in [0.15, 0.2) is 0 Å². The highest BCUT2D eigenvalue weighted by Crippen LogP contribution is 2.34. The van der Waals surface area contributed by atoms with Crippen molar-refractivity contribution in [1.29, 1.82) is 0 Å². The predicted octanol–water partition coefficient (Wildman–Crippen LogP) is 4.50. The lowest BCUT2D eigenvalue weighted by Gasteiger charge is -1.95. The molecule has 0 saturated carbocycles. The molecule has 0 unspecified atom stereocenters. The van der Waals surface area contributed by atoms with Crippen LogP contribution in [0.5, 0.6) is 0 Å². The minimum Gasteiger partial charge on any atom is -0.141 e. The van der Waals surface area contributed by atoms with Gasteiger partial charge in [-0.3, -0.25) is 0 Å². The van der Waals surface area contributed by atoms with Gasteiger partial charge in [0.25, 0.3) is 0 Å². The van der Waals surface area contributed by atoms with Crippen LogP contribution in [-0.2, 0) is 6.42 Å². The fourth-order valence-corrected chi connectivity index (χ4v) is 3.98. The van der Waals surface area contributed by atoms with E-state index < -0.39 is 0 Å². The molecule has 2 heteroatoms. The molecule has 0 spiro atoms. The van der Waals surface area contributed by atoms with Gasteiger partial charge in [-0.2, -0.15) is 0 Å². The maximum atomic E-state index is 2.33. The van der Waals surface area contributed by atoms with Crippen LogP contribution in [0.3, 0.4) is 0 Å². The van der Waals surface area contributed by atoms with Crippen molar-refractivity contribution in [2.24, 2.45) is 0 Å². The van der Waals surface area contributed by atoms with Gasteiger partial charge in [-0.15, -0.1) is 22.7 Å². The van der Waals surface area contributed by atoms with E-state index >= 15 is 0 Å². The van der Waals surface area contributed by atoms with Crippen LogP contribution in [0, 0.1) is 13.8 Å². The Bertz CT molecular complexity index is 493. The SMILES string of the molecule is Cc1cc2c(s1)C=Cc1sc(C)cc1C2. The zero-order chi connectivity index (χ0) is 10.4. The second-order valence-corrected chi connectivity index (χ2v) is 6.58. The third-order valence-corrected chi connectivity index (χ3v) is 4.81. The zero-order valence-corrected chi connectivity index (χ0v) is 10.5. The zero-order valence-electron chi connectivity index (χ0n) is 8.83. The van der Waals surface area contributed by atoms with Crippen molar-refractivity contribution in [3.63, 3.8) is 0 Å². The first-order valence-electron chi connectivity index (χ1n) is 5.09. The lowest BCUT2D eigenvalue weighted by atomic mass is 10.1. The lowest BCUT2D eigenvalue weighted by Crippen LogP contribution is -1.84. The van der Waals surface area contributed by atoms with Crippen LogP contribution < -0.4 is 0 Å². The van der Waals surface area contributed by atoms with Crippen LogP contribution in [-0.4, -0.2) is 0 Å². The molecule has 2 heterocycles. The second kappa shape index (κ2) is 3.32. The van der Waals surface area contributed by atoms with Crippen LogP contribution >= 0.6 is 22.7 Å². The minimum atomic E-state index is 1.10. The quantitative estimate of drug-likeness (QED) is 0.535. The molecule has 0 saturated heterocycles. The van der Waals surface area contributed by atoms with Gasteiger partial charge in [0.1, 0.15) is 0 Å². The van der Waals surface area contributed by atoms with Crippen molar-refractivity contribution < 1.29 is 0 Å². The molecule has 1 aliphatic carbocycles. The van der Waals surface area contributed by atoms with Crippen LogP contribution in [0.15, 0.2) is 12.1 Å². The van der Waals surface area contributed by atoms with Crippen molar-refractivity contribution in [3.8, 4) is 0 Å². The third-order valence-electron chi connectivity index (χ3n) is 2.70. The van der Waals surface area contributed by atoms with Gasteiger partial charge in [-0.05, 0) is 49.3 Å². The Kier molecular flexibility index (Phi) is 2.08. The summed E-state index contributed by atoms with van der Waals surface area (Å²) in [5.74, 6) is 0. The van der Waals surface area contributed by atoms with E-state index in [-0.39, 0.29) is 0 Å². The lowest BCUT2D eigenvalue weighted by molar-refractivity contribution is 1.22. The van der Waals surface area contributed by atoms with Crippen LogP contribution in [0.2, 0.25) is 0 Å². The standard InChI is InChI=1S/C13H12S2/c1-8-5-10-7-11-6-9(2)15-13(11)4-3-12(10)14-8/h3-6H,7H2,1-2H3. The van der Waals surface area contributed by atoms with Crippen LogP contribution in [0.1, 0.15) is 30.6 Å². The smallest absolute Gasteiger partial charge is 0.0309 e. The summed E-state index contributed by atoms with van der Waals surface area (Å²) >= 11 is 3.80. The van der Waals surface area contributed by atoms with Crippen LogP contribution in [0.25, 0.3) is 12.2 Å². The fourth-order valence-electron chi connectivity index (χ4n) is 2.08. The second-order valence-electron chi connectivity index (χ2n) is 4.00. The molecular formula is C13H12S2. The Morgan fingerprint density at radius 1 is 0.867 bits per heavy atom. The molecule has 0 radical (unpaired) electrons. The Hall–Kier alpha value is -0.860. The third kappa shape index (κ3) is 1.58. The molecule has 0 nitrogen and oxygen atoms in total. The monoisotopic (exact) mass is 232 g/mol. The molecule has 0 amide bonds. The average Bonchev–Trinajstić information content (AvgIpc) is 2.65. The summed E-state index contributed by atoms with van der Waals surface area (Å²) in [6.45, 7) is 4.37. The molecule has 76 valence electrons. The van der Waals surface area contributed by atoms with Crippen molar-refractivity contribution in [2.45, 2.75) is 20.3 Å². The Morgan fingerprint density at radius 2 is 1.33 bits per heavy atom. The van der Waals surface area contributed by atoms with E-state index in [1.54, 1.807) is 0 Å². The summed E-state index contributed by atoms with van der Waals surface area (Å²) in [5, 5.41) is 0. The van der Waals surface area contributed by atoms with Crippen LogP contribution in [0.4, 0.5) is 0 Å². The van der Waals surface area contributed by atoms with E-state index in [0.29, 0.717) is 0 Å². The van der Waals surface area contributed by atoms with E-state index in [0.717, 1.165) is 6.42 Å². The van der Waals surface area contributed by atoms with E-state index in [1.165, 1.54) is 30.6 Å². The summed E-state index contributed by atoms with van der Waals surface area (Å²) in [6, 6.07) is 4.65. The summed E-state index contributed by atoms with van der Waals surface area (Å²) in [4.78, 5) is 5.71. The Balaban J connectivity index is 2.15. The van der Waals surface area contributed by atoms with Gasteiger partial charge < -0.3 is 0 Å². The Morgan fingerprint density at radius 3 is 1.80 bits per heavy atom. The summed E-state index contributed by atoms with van der Waals surface area (Å²) in [5.41, 5.74) is 2.98. The number of thiophene rings is 2. The summed E-state index contributed by atoms with van der Waals surface area (Å²) < 4.78 is 0. The normalized spacial score (nSPS) is 13.5. The maximum absolute atomic E-state index is 2.33. The number of hydrogen-bond acceptors (Lipinski definition) is 2. The van der Waals surface area contributed by atoms with Gasteiger partial charge >= 0.3 is 0 Å². The van der Waals surface area contributed by atoms with Crippen molar-refractivity contribution in [2.75, 3.05) is 0 Å². The first kappa shape index (κ1) is 9.37. The maximum Gasteiger partial charge on any atom is 0.0309 e. The minimum absolute atomic E-state index is 1.10. The molecule has 2 aromatic rings. The molecule has 0 aliphatic heterocycles. The number of hydrogen-bond donors (Lipinski definition) is 0. The molecule has 15 heavy (non-hydrogen) atoms. The molecule has 0 atom stereocenters. The summed E-state index contributed by atoms with van der Waals surface area (Å²) in [6.07, 6.45) is 5.65. The summed E-state index contributed by atoms with van der Waals surface area (Å²) in [7, 11) is 0. The fraction of sp³-hybridized carbons (Fsp3) is 0.231. The molecule has 0 fully saturated rings. The predicted molar refractivity (Wildman–Crippen MR) is 69.8 cm³/mol. The van der Waals surface area contributed by atoms with Gasteiger partial charge in [-0.1, -0.05) is 0 Å². The largest absolute Gasteiger partial charge is 0.141 e. The first-order valence-corrected chi connectivity index (χ1v) is 6.72. The van der Waals surface area contributed by atoms with Gasteiger partial charge in [0.2, 0.25) is 0 Å². The van der Waals surface area contributed by atoms with E-state index in [1.807, 2.05) is 22.7 Å². The Labute approximate surface area is 97.9 Å². The molecule has 3 rings (SSSR count). The molecule has 1 aliphatic rings. The number of aryl methyl sites for hydroxylation is 2. The molecule has 0 bridgehead atoms. The highest BCUT2D eigenvalue weighted by molar-refractivity contribution is 7.14. The van der Waals surface area contributed by atoms with Gasteiger partial charge in [0, 0.05) is 25.9 Å². The molecular weight excluding hydrogens is 220 g/mol. The van der Waals surface area contributed by atoms with E-state index in [9.17, 15) is 0 Å². The van der Waals surface area contributed by atoms with E-state index in [4.69, 9.17) is 0 Å². The molecule has 0 aromatic carbocycles. The highest BCUT2D eigenvalue weighted by Gasteiger charge is 2.13. The van der Waals surface area contributed by atoms with Gasteiger partial charge in [0.05, 0.1) is 0 Å². The van der Waals surface area contributed by atoms with Crippen molar-refractivity contribution >= 4 is 34.8 Å². The topological polar surface area (TPSA) is 0 Å². The highest BCUT2D eigenvalue weighted by atomic mass is 32.1.